The lowest BCUT2D eigenvalue weighted by atomic mass is 9.91. The van der Waals surface area contributed by atoms with E-state index in [0.717, 1.165) is 42.9 Å². The van der Waals surface area contributed by atoms with Crippen LogP contribution in [0.4, 0.5) is 0 Å². The lowest BCUT2D eigenvalue weighted by molar-refractivity contribution is -0.0962. The number of aliphatic hydroxyl groups excluding tert-OH is 1. The molecule has 2 saturated heterocycles. The van der Waals surface area contributed by atoms with E-state index >= 15 is 0 Å². The fourth-order valence-electron chi connectivity index (χ4n) is 3.21. The Labute approximate surface area is 131 Å². The first-order valence-corrected chi connectivity index (χ1v) is 9.03. The van der Waals surface area contributed by atoms with Gasteiger partial charge in [-0.15, -0.1) is 0 Å². The summed E-state index contributed by atoms with van der Waals surface area (Å²) in [6.45, 7) is 2.77. The Morgan fingerprint density at radius 2 is 2.33 bits per heavy atom. The molecule has 2 aliphatic rings. The fraction of sp³-hybridized carbons (Fsp3) is 0.647. The van der Waals surface area contributed by atoms with Crippen LogP contribution in [0.2, 0.25) is 0 Å². The van der Waals surface area contributed by atoms with Crippen molar-refractivity contribution in [3.8, 4) is 5.75 Å². The van der Waals surface area contributed by atoms with Crippen LogP contribution in [0.5, 0.6) is 5.75 Å². The SMILES string of the molecule is CCC(O)c1ccccc1OC1CCOC2(CCSC2)C1. The van der Waals surface area contributed by atoms with Gasteiger partial charge in [0.1, 0.15) is 11.9 Å². The first-order valence-electron chi connectivity index (χ1n) is 7.88. The average Bonchev–Trinajstić information content (AvgIpc) is 2.95. The third kappa shape index (κ3) is 3.38. The molecule has 0 aliphatic carbocycles. The van der Waals surface area contributed by atoms with Gasteiger partial charge in [0.2, 0.25) is 0 Å². The summed E-state index contributed by atoms with van der Waals surface area (Å²) < 4.78 is 12.3. The van der Waals surface area contributed by atoms with E-state index in [1.165, 1.54) is 5.75 Å². The molecule has 0 amide bonds. The van der Waals surface area contributed by atoms with Gasteiger partial charge in [0.15, 0.2) is 0 Å². The molecule has 1 spiro atoms. The lowest BCUT2D eigenvalue weighted by Crippen LogP contribution is -2.43. The van der Waals surface area contributed by atoms with Gasteiger partial charge >= 0.3 is 0 Å². The second-order valence-electron chi connectivity index (χ2n) is 6.03. The first-order chi connectivity index (χ1) is 10.2. The zero-order valence-electron chi connectivity index (χ0n) is 12.6. The number of hydrogen-bond acceptors (Lipinski definition) is 4. The van der Waals surface area contributed by atoms with Gasteiger partial charge in [-0.05, 0) is 24.7 Å². The van der Waals surface area contributed by atoms with E-state index < -0.39 is 6.10 Å². The average molecular weight is 308 g/mol. The summed E-state index contributed by atoms with van der Waals surface area (Å²) in [7, 11) is 0. The summed E-state index contributed by atoms with van der Waals surface area (Å²) in [4.78, 5) is 0. The highest BCUT2D eigenvalue weighted by Gasteiger charge is 2.41. The number of thioether (sulfide) groups is 1. The zero-order chi connectivity index (χ0) is 14.7. The predicted octanol–water partition coefficient (Wildman–Crippen LogP) is 3.56. The van der Waals surface area contributed by atoms with Crippen LogP contribution in [0.25, 0.3) is 0 Å². The molecule has 0 saturated carbocycles. The Bertz CT molecular complexity index is 471. The minimum Gasteiger partial charge on any atom is -0.490 e. The van der Waals surface area contributed by atoms with Crippen molar-refractivity contribution in [2.24, 2.45) is 0 Å². The number of aliphatic hydroxyl groups is 1. The monoisotopic (exact) mass is 308 g/mol. The van der Waals surface area contributed by atoms with Gasteiger partial charge < -0.3 is 14.6 Å². The fourth-order valence-corrected chi connectivity index (χ4v) is 4.59. The third-order valence-electron chi connectivity index (χ3n) is 4.47. The molecule has 3 nitrogen and oxygen atoms in total. The Kier molecular flexibility index (Phi) is 4.77. The van der Waals surface area contributed by atoms with Crippen molar-refractivity contribution in [2.75, 3.05) is 18.1 Å². The minimum atomic E-state index is -0.447. The second-order valence-corrected chi connectivity index (χ2v) is 7.13. The molecule has 3 unspecified atom stereocenters. The van der Waals surface area contributed by atoms with Gasteiger partial charge in [-0.25, -0.2) is 0 Å². The third-order valence-corrected chi connectivity index (χ3v) is 5.70. The second kappa shape index (κ2) is 6.59. The van der Waals surface area contributed by atoms with Crippen molar-refractivity contribution in [1.29, 1.82) is 0 Å². The normalized spacial score (nSPS) is 30.5. The zero-order valence-corrected chi connectivity index (χ0v) is 13.4. The maximum atomic E-state index is 10.1. The molecule has 1 aromatic carbocycles. The molecule has 0 aromatic heterocycles. The van der Waals surface area contributed by atoms with Crippen molar-refractivity contribution in [1.82, 2.24) is 0 Å². The summed E-state index contributed by atoms with van der Waals surface area (Å²) in [5.74, 6) is 3.11. The van der Waals surface area contributed by atoms with E-state index in [0.29, 0.717) is 6.42 Å². The predicted molar refractivity (Wildman–Crippen MR) is 86.0 cm³/mol. The van der Waals surface area contributed by atoms with Crippen LogP contribution in [-0.2, 0) is 4.74 Å². The first kappa shape index (κ1) is 15.2. The number of ether oxygens (including phenoxy) is 2. The van der Waals surface area contributed by atoms with Crippen LogP contribution in [0.3, 0.4) is 0 Å². The van der Waals surface area contributed by atoms with Crippen molar-refractivity contribution >= 4 is 11.8 Å². The Hall–Kier alpha value is -0.710. The van der Waals surface area contributed by atoms with Crippen LogP contribution < -0.4 is 4.74 Å². The summed E-state index contributed by atoms with van der Waals surface area (Å²) in [6.07, 6.45) is 3.49. The van der Waals surface area contributed by atoms with E-state index in [4.69, 9.17) is 9.47 Å². The molecule has 4 heteroatoms. The standard InChI is InChI=1S/C17H24O3S/c1-2-15(18)14-5-3-4-6-16(14)20-13-7-9-19-17(11-13)8-10-21-12-17/h3-6,13,15,18H,2,7-12H2,1H3. The van der Waals surface area contributed by atoms with E-state index in [9.17, 15) is 5.11 Å². The molecule has 2 heterocycles. The van der Waals surface area contributed by atoms with E-state index in [1.54, 1.807) is 0 Å². The molecule has 0 radical (unpaired) electrons. The highest BCUT2D eigenvalue weighted by molar-refractivity contribution is 7.99. The van der Waals surface area contributed by atoms with Crippen LogP contribution in [0.1, 0.15) is 44.3 Å². The van der Waals surface area contributed by atoms with Crippen molar-refractivity contribution in [3.63, 3.8) is 0 Å². The van der Waals surface area contributed by atoms with Crippen molar-refractivity contribution in [3.05, 3.63) is 29.8 Å². The summed E-state index contributed by atoms with van der Waals surface area (Å²) >= 11 is 1.98. The summed E-state index contributed by atoms with van der Waals surface area (Å²) in [6, 6.07) is 7.87. The van der Waals surface area contributed by atoms with Crippen LogP contribution in [-0.4, -0.2) is 34.9 Å². The number of benzene rings is 1. The number of rotatable bonds is 4. The molecular weight excluding hydrogens is 284 g/mol. The molecular formula is C17H24O3S. The molecule has 21 heavy (non-hydrogen) atoms. The quantitative estimate of drug-likeness (QED) is 0.923. The van der Waals surface area contributed by atoms with Crippen LogP contribution in [0, 0.1) is 0 Å². The molecule has 116 valence electrons. The van der Waals surface area contributed by atoms with Crippen LogP contribution >= 0.6 is 11.8 Å². The van der Waals surface area contributed by atoms with Gasteiger partial charge in [-0.1, -0.05) is 25.1 Å². The van der Waals surface area contributed by atoms with E-state index in [2.05, 4.69) is 0 Å². The highest BCUT2D eigenvalue weighted by Crippen LogP contribution is 2.40. The van der Waals surface area contributed by atoms with Crippen molar-refractivity contribution < 1.29 is 14.6 Å². The molecule has 1 N–H and O–H groups in total. The summed E-state index contributed by atoms with van der Waals surface area (Å²) in [5.41, 5.74) is 0.938. The maximum absolute atomic E-state index is 10.1. The number of para-hydroxylation sites is 1. The summed E-state index contributed by atoms with van der Waals surface area (Å²) in [5, 5.41) is 10.1. The molecule has 0 bridgehead atoms. The molecule has 3 atom stereocenters. The number of hydrogen-bond donors (Lipinski definition) is 1. The van der Waals surface area contributed by atoms with Gasteiger partial charge in [-0.2, -0.15) is 11.8 Å². The maximum Gasteiger partial charge on any atom is 0.125 e. The molecule has 2 aliphatic heterocycles. The van der Waals surface area contributed by atoms with Gasteiger partial charge in [0.25, 0.3) is 0 Å². The van der Waals surface area contributed by atoms with Crippen LogP contribution in [0.15, 0.2) is 24.3 Å². The largest absolute Gasteiger partial charge is 0.490 e. The highest BCUT2D eigenvalue weighted by atomic mass is 32.2. The van der Waals surface area contributed by atoms with Gasteiger partial charge in [0.05, 0.1) is 18.3 Å². The smallest absolute Gasteiger partial charge is 0.125 e. The van der Waals surface area contributed by atoms with E-state index in [1.807, 2.05) is 43.0 Å². The Balaban J connectivity index is 1.71. The molecule has 2 fully saturated rings. The topological polar surface area (TPSA) is 38.7 Å². The lowest BCUT2D eigenvalue weighted by Gasteiger charge is -2.38. The van der Waals surface area contributed by atoms with Gasteiger partial charge in [0, 0.05) is 24.2 Å². The molecule has 3 rings (SSSR count). The van der Waals surface area contributed by atoms with Crippen molar-refractivity contribution in [2.45, 2.75) is 50.4 Å². The van der Waals surface area contributed by atoms with E-state index in [-0.39, 0.29) is 11.7 Å². The van der Waals surface area contributed by atoms with Gasteiger partial charge in [-0.3, -0.25) is 0 Å². The Morgan fingerprint density at radius 1 is 1.48 bits per heavy atom. The minimum absolute atomic E-state index is 0.0336. The Morgan fingerprint density at radius 3 is 3.10 bits per heavy atom. The molecule has 1 aromatic rings.